The lowest BCUT2D eigenvalue weighted by atomic mass is 10.1. The fourth-order valence-electron chi connectivity index (χ4n) is 2.41. The Hall–Kier alpha value is -0.680. The van der Waals surface area contributed by atoms with Crippen molar-refractivity contribution in [2.24, 2.45) is 0 Å². The van der Waals surface area contributed by atoms with Gasteiger partial charge in [-0.1, -0.05) is 60.7 Å². The van der Waals surface area contributed by atoms with Gasteiger partial charge in [-0.15, -0.1) is 0 Å². The summed E-state index contributed by atoms with van der Waals surface area (Å²) in [5.74, 6) is 0. The minimum atomic E-state index is 1.10. The van der Waals surface area contributed by atoms with Crippen molar-refractivity contribution in [2.45, 2.75) is 0 Å². The second-order valence-electron chi connectivity index (χ2n) is 5.17. The molecule has 0 aromatic heterocycles. The molecule has 0 radical (unpaired) electrons. The SMILES string of the molecule is Brc1ccc2ccccc2c1Br.Brc1ccc2ccccc2c1Br. The first-order valence-electron chi connectivity index (χ1n) is 7.23. The molecule has 0 heterocycles. The first kappa shape index (κ1) is 18.1. The number of hydrogen-bond donors (Lipinski definition) is 0. The van der Waals surface area contributed by atoms with Gasteiger partial charge < -0.3 is 0 Å². The van der Waals surface area contributed by atoms with Crippen LogP contribution in [-0.4, -0.2) is 0 Å². The van der Waals surface area contributed by atoms with Crippen molar-refractivity contribution >= 4 is 85.3 Å². The van der Waals surface area contributed by atoms with Gasteiger partial charge in [0, 0.05) is 17.9 Å². The Kier molecular flexibility index (Phi) is 6.14. The first-order chi connectivity index (χ1) is 11.6. The molecule has 0 nitrogen and oxygen atoms in total. The van der Waals surface area contributed by atoms with Crippen LogP contribution in [-0.2, 0) is 0 Å². The molecular formula is C20H12Br4. The van der Waals surface area contributed by atoms with Crippen LogP contribution >= 0.6 is 63.7 Å². The highest BCUT2D eigenvalue weighted by atomic mass is 79.9. The number of benzene rings is 4. The fourth-order valence-corrected chi connectivity index (χ4v) is 4.09. The lowest BCUT2D eigenvalue weighted by molar-refractivity contribution is 1.65. The van der Waals surface area contributed by atoms with E-state index in [1.165, 1.54) is 21.5 Å². The van der Waals surface area contributed by atoms with E-state index in [1.54, 1.807) is 0 Å². The lowest BCUT2D eigenvalue weighted by Crippen LogP contribution is -1.74. The van der Waals surface area contributed by atoms with Crippen LogP contribution < -0.4 is 0 Å². The van der Waals surface area contributed by atoms with Crippen LogP contribution in [0.4, 0.5) is 0 Å². The van der Waals surface area contributed by atoms with E-state index >= 15 is 0 Å². The molecule has 0 bridgehead atoms. The summed E-state index contributed by atoms with van der Waals surface area (Å²) in [5, 5.41) is 5.00. The van der Waals surface area contributed by atoms with Gasteiger partial charge >= 0.3 is 0 Å². The predicted octanol–water partition coefficient (Wildman–Crippen LogP) is 8.73. The Labute approximate surface area is 174 Å². The average Bonchev–Trinajstić information content (AvgIpc) is 2.62. The molecule has 0 N–H and O–H groups in total. The highest BCUT2D eigenvalue weighted by Gasteiger charge is 2.01. The van der Waals surface area contributed by atoms with Gasteiger partial charge in [-0.25, -0.2) is 0 Å². The van der Waals surface area contributed by atoms with E-state index in [2.05, 4.69) is 100 Å². The van der Waals surface area contributed by atoms with Crippen molar-refractivity contribution in [1.29, 1.82) is 0 Å². The Bertz CT molecular complexity index is 925. The number of hydrogen-bond acceptors (Lipinski definition) is 0. The third kappa shape index (κ3) is 3.93. The van der Waals surface area contributed by atoms with Crippen molar-refractivity contribution < 1.29 is 0 Å². The molecular weight excluding hydrogens is 560 g/mol. The van der Waals surface area contributed by atoms with Gasteiger partial charge in [-0.2, -0.15) is 0 Å². The first-order valence-corrected chi connectivity index (χ1v) is 10.4. The van der Waals surface area contributed by atoms with E-state index in [-0.39, 0.29) is 0 Å². The van der Waals surface area contributed by atoms with Crippen LogP contribution in [0.5, 0.6) is 0 Å². The topological polar surface area (TPSA) is 0 Å². The van der Waals surface area contributed by atoms with Gasteiger partial charge in [0.2, 0.25) is 0 Å². The maximum atomic E-state index is 3.53. The molecule has 0 saturated heterocycles. The quantitative estimate of drug-likeness (QED) is 0.198. The molecule has 0 atom stereocenters. The molecule has 0 aliphatic carbocycles. The molecule has 0 saturated carbocycles. The van der Waals surface area contributed by atoms with Gasteiger partial charge in [0.1, 0.15) is 0 Å². The second kappa shape index (κ2) is 8.13. The Morgan fingerprint density at radius 1 is 0.417 bits per heavy atom. The molecule has 0 fully saturated rings. The molecule has 4 aromatic carbocycles. The van der Waals surface area contributed by atoms with E-state index in [0.29, 0.717) is 0 Å². The maximum absolute atomic E-state index is 3.53. The minimum absolute atomic E-state index is 1.10. The normalized spacial score (nSPS) is 10.5. The molecule has 0 aliphatic heterocycles. The van der Waals surface area contributed by atoms with Gasteiger partial charge in [-0.05, 0) is 97.4 Å². The van der Waals surface area contributed by atoms with E-state index in [1.807, 2.05) is 36.4 Å². The minimum Gasteiger partial charge on any atom is -0.0616 e. The summed E-state index contributed by atoms with van der Waals surface area (Å²) in [6.45, 7) is 0. The molecule has 0 spiro atoms. The summed E-state index contributed by atoms with van der Waals surface area (Å²) in [6.07, 6.45) is 0. The third-order valence-electron chi connectivity index (χ3n) is 3.63. The third-order valence-corrected chi connectivity index (χ3v) is 7.73. The Morgan fingerprint density at radius 3 is 1.21 bits per heavy atom. The second-order valence-corrected chi connectivity index (χ2v) is 8.46. The largest absolute Gasteiger partial charge is 0.0616 e. The summed E-state index contributed by atoms with van der Waals surface area (Å²) < 4.78 is 4.45. The van der Waals surface area contributed by atoms with Gasteiger partial charge in [0.15, 0.2) is 0 Å². The van der Waals surface area contributed by atoms with E-state index in [9.17, 15) is 0 Å². The van der Waals surface area contributed by atoms with Crippen molar-refractivity contribution in [2.75, 3.05) is 0 Å². The molecule has 0 unspecified atom stereocenters. The van der Waals surface area contributed by atoms with Gasteiger partial charge in [-0.3, -0.25) is 0 Å². The molecule has 24 heavy (non-hydrogen) atoms. The van der Waals surface area contributed by atoms with Gasteiger partial charge in [0.25, 0.3) is 0 Å². The highest BCUT2D eigenvalue weighted by molar-refractivity contribution is 9.13. The van der Waals surface area contributed by atoms with Crippen LogP contribution in [0, 0.1) is 0 Å². The summed E-state index contributed by atoms with van der Waals surface area (Å²) in [7, 11) is 0. The molecule has 120 valence electrons. The van der Waals surface area contributed by atoms with Crippen LogP contribution in [0.2, 0.25) is 0 Å². The summed E-state index contributed by atoms with van der Waals surface area (Å²) in [5.41, 5.74) is 0. The molecule has 0 amide bonds. The van der Waals surface area contributed by atoms with E-state index in [4.69, 9.17) is 0 Å². The monoisotopic (exact) mass is 568 g/mol. The smallest absolute Gasteiger partial charge is 0.0395 e. The van der Waals surface area contributed by atoms with Crippen molar-refractivity contribution in [3.63, 3.8) is 0 Å². The molecule has 0 aliphatic rings. The zero-order chi connectivity index (χ0) is 17.1. The number of fused-ring (bicyclic) bond motifs is 2. The summed E-state index contributed by atoms with van der Waals surface area (Å²) in [4.78, 5) is 0. The lowest BCUT2D eigenvalue weighted by Gasteiger charge is -2.01. The van der Waals surface area contributed by atoms with Crippen molar-refractivity contribution in [1.82, 2.24) is 0 Å². The number of halogens is 4. The number of rotatable bonds is 0. The highest BCUT2D eigenvalue weighted by Crippen LogP contribution is 2.31. The molecule has 4 aromatic rings. The van der Waals surface area contributed by atoms with Crippen LogP contribution in [0.1, 0.15) is 0 Å². The zero-order valence-electron chi connectivity index (χ0n) is 12.4. The molecule has 4 heteroatoms. The summed E-state index contributed by atoms with van der Waals surface area (Å²) >= 11 is 14.0. The van der Waals surface area contributed by atoms with E-state index in [0.717, 1.165) is 17.9 Å². The Balaban J connectivity index is 0.000000141. The molecule has 4 rings (SSSR count). The Morgan fingerprint density at radius 2 is 0.792 bits per heavy atom. The van der Waals surface area contributed by atoms with Crippen molar-refractivity contribution in [3.8, 4) is 0 Å². The van der Waals surface area contributed by atoms with Gasteiger partial charge in [0.05, 0.1) is 0 Å². The van der Waals surface area contributed by atoms with Crippen molar-refractivity contribution in [3.05, 3.63) is 90.7 Å². The van der Waals surface area contributed by atoms with Crippen LogP contribution in [0.15, 0.2) is 90.7 Å². The average molecular weight is 572 g/mol. The predicted molar refractivity (Wildman–Crippen MR) is 119 cm³/mol. The summed E-state index contributed by atoms with van der Waals surface area (Å²) in [6, 6.07) is 24.9. The standard InChI is InChI=1S/2C10H6Br2/c2*11-9-6-5-7-3-1-2-4-8(7)10(9)12/h2*1-6H. The zero-order valence-corrected chi connectivity index (χ0v) is 18.8. The van der Waals surface area contributed by atoms with Crippen LogP contribution in [0.3, 0.4) is 0 Å². The van der Waals surface area contributed by atoms with E-state index < -0.39 is 0 Å². The fraction of sp³-hybridized carbons (Fsp3) is 0. The van der Waals surface area contributed by atoms with Crippen LogP contribution in [0.25, 0.3) is 21.5 Å². The maximum Gasteiger partial charge on any atom is 0.0395 e.